The van der Waals surface area contributed by atoms with Crippen LogP contribution in [0.5, 0.6) is 0 Å². The molecule has 0 aromatic rings. The number of hydrogen-bond acceptors (Lipinski definition) is 4. The summed E-state index contributed by atoms with van der Waals surface area (Å²) >= 11 is 5.36. The molecule has 2 unspecified atom stereocenters. The summed E-state index contributed by atoms with van der Waals surface area (Å²) in [5.74, 6) is 0. The fraction of sp³-hybridized carbons (Fsp3) is 1.00. The molecule has 6 heteroatoms. The first-order valence-corrected chi connectivity index (χ1v) is 6.19. The third kappa shape index (κ3) is 7.07. The van der Waals surface area contributed by atoms with E-state index in [1.807, 2.05) is 6.92 Å². The van der Waals surface area contributed by atoms with E-state index in [4.69, 9.17) is 20.9 Å². The Bertz CT molecular complexity index is 162. The molecule has 0 fully saturated rings. The topological polar surface area (TPSA) is 55.8 Å². The van der Waals surface area contributed by atoms with Crippen LogP contribution in [0.1, 0.15) is 20.3 Å². The van der Waals surface area contributed by atoms with Crippen LogP contribution in [-0.4, -0.2) is 24.4 Å². The van der Waals surface area contributed by atoms with E-state index in [0.29, 0.717) is 6.61 Å². The average Bonchev–Trinajstić information content (AvgIpc) is 1.98. The van der Waals surface area contributed by atoms with Crippen molar-refractivity contribution in [2.75, 3.05) is 13.2 Å². The molecule has 0 aromatic heterocycles. The highest BCUT2D eigenvalue weighted by atomic mass is 35.7. The maximum atomic E-state index is 11.1. The molecule has 4 nitrogen and oxygen atoms in total. The van der Waals surface area contributed by atoms with Gasteiger partial charge >= 0.3 is 6.95 Å². The summed E-state index contributed by atoms with van der Waals surface area (Å²) in [4.78, 5) is 0. The predicted octanol–water partition coefficient (Wildman–Crippen LogP) is 2.16. The summed E-state index contributed by atoms with van der Waals surface area (Å²) in [6, 6.07) is 0. The van der Waals surface area contributed by atoms with Crippen molar-refractivity contribution in [3.8, 4) is 0 Å². The Morgan fingerprint density at radius 2 is 2.17 bits per heavy atom. The molecular formula is C6H14ClO4P. The van der Waals surface area contributed by atoms with Crippen molar-refractivity contribution in [3.63, 3.8) is 0 Å². The SMILES string of the molecule is CCCOP(=O)(Cl)OCC(C)O. The first-order valence-electron chi connectivity index (χ1n) is 3.75. The molecule has 1 N–H and O–H groups in total. The highest BCUT2D eigenvalue weighted by molar-refractivity contribution is 7.81. The maximum Gasteiger partial charge on any atom is 0.424 e. The van der Waals surface area contributed by atoms with E-state index in [1.165, 1.54) is 6.92 Å². The van der Waals surface area contributed by atoms with Crippen molar-refractivity contribution in [2.24, 2.45) is 0 Å². The fourth-order valence-electron chi connectivity index (χ4n) is 0.434. The number of hydrogen-bond donors (Lipinski definition) is 1. The second kappa shape index (κ2) is 5.95. The summed E-state index contributed by atoms with van der Waals surface area (Å²) in [5, 5.41) is 8.78. The molecule has 0 bridgehead atoms. The van der Waals surface area contributed by atoms with Crippen LogP contribution < -0.4 is 0 Å². The van der Waals surface area contributed by atoms with Gasteiger partial charge in [0.2, 0.25) is 0 Å². The Labute approximate surface area is 77.1 Å². The van der Waals surface area contributed by atoms with E-state index >= 15 is 0 Å². The lowest BCUT2D eigenvalue weighted by atomic mass is 10.5. The van der Waals surface area contributed by atoms with Gasteiger partial charge in [0.1, 0.15) is 0 Å². The van der Waals surface area contributed by atoms with Crippen molar-refractivity contribution in [3.05, 3.63) is 0 Å². The van der Waals surface area contributed by atoms with E-state index in [9.17, 15) is 4.57 Å². The van der Waals surface area contributed by atoms with Crippen molar-refractivity contribution in [1.82, 2.24) is 0 Å². The Kier molecular flexibility index (Phi) is 6.14. The summed E-state index contributed by atoms with van der Waals surface area (Å²) in [5.41, 5.74) is 0. The molecule has 0 aliphatic rings. The molecule has 0 rings (SSSR count). The maximum absolute atomic E-state index is 11.1. The first-order chi connectivity index (χ1) is 5.48. The summed E-state index contributed by atoms with van der Waals surface area (Å²) in [7, 11) is 0. The van der Waals surface area contributed by atoms with Gasteiger partial charge in [-0.25, -0.2) is 4.57 Å². The van der Waals surface area contributed by atoms with Gasteiger partial charge in [0, 0.05) is 11.2 Å². The number of aliphatic hydroxyl groups excluding tert-OH is 1. The normalized spacial score (nSPS) is 18.7. The van der Waals surface area contributed by atoms with Crippen molar-refractivity contribution < 1.29 is 18.7 Å². The third-order valence-corrected chi connectivity index (χ3v) is 2.45. The zero-order chi connectivity index (χ0) is 9.61. The molecule has 0 amide bonds. The summed E-state index contributed by atoms with van der Waals surface area (Å²) in [6.45, 7) is 0.140. The molecule has 12 heavy (non-hydrogen) atoms. The third-order valence-electron chi connectivity index (χ3n) is 0.920. The predicted molar refractivity (Wildman–Crippen MR) is 47.3 cm³/mol. The molecule has 2 atom stereocenters. The lowest BCUT2D eigenvalue weighted by molar-refractivity contribution is 0.110. The van der Waals surface area contributed by atoms with Crippen LogP contribution in [0, 0.1) is 0 Å². The van der Waals surface area contributed by atoms with Gasteiger partial charge in [-0.2, -0.15) is 0 Å². The molecule has 0 spiro atoms. The van der Waals surface area contributed by atoms with Crippen LogP contribution in [0.15, 0.2) is 0 Å². The molecule has 0 aromatic carbocycles. The zero-order valence-corrected chi connectivity index (χ0v) is 8.85. The van der Waals surface area contributed by atoms with Crippen LogP contribution in [-0.2, 0) is 13.6 Å². The Hall–Kier alpha value is 0.400. The van der Waals surface area contributed by atoms with Crippen LogP contribution in [0.3, 0.4) is 0 Å². The van der Waals surface area contributed by atoms with E-state index in [0.717, 1.165) is 6.42 Å². The molecule has 0 saturated heterocycles. The Morgan fingerprint density at radius 3 is 2.58 bits per heavy atom. The van der Waals surface area contributed by atoms with Gasteiger partial charge in [-0.05, 0) is 13.3 Å². The minimum Gasteiger partial charge on any atom is -0.391 e. The van der Waals surface area contributed by atoms with Gasteiger partial charge in [-0.1, -0.05) is 6.92 Å². The number of halogens is 1. The Balaban J connectivity index is 3.64. The largest absolute Gasteiger partial charge is 0.424 e. The summed E-state index contributed by atoms with van der Waals surface area (Å²) in [6.07, 6.45) is 0.0247. The fourth-order valence-corrected chi connectivity index (χ4v) is 1.68. The lowest BCUT2D eigenvalue weighted by Gasteiger charge is -2.11. The van der Waals surface area contributed by atoms with Crippen molar-refractivity contribution >= 4 is 18.2 Å². The Morgan fingerprint density at radius 1 is 1.58 bits per heavy atom. The van der Waals surface area contributed by atoms with E-state index in [-0.39, 0.29) is 6.61 Å². The van der Waals surface area contributed by atoms with Gasteiger partial charge in [-0.15, -0.1) is 0 Å². The molecule has 0 saturated carbocycles. The second-order valence-electron chi connectivity index (χ2n) is 2.41. The molecule has 0 heterocycles. The average molecular weight is 217 g/mol. The van der Waals surface area contributed by atoms with Gasteiger partial charge in [0.05, 0.1) is 19.3 Å². The monoisotopic (exact) mass is 216 g/mol. The highest BCUT2D eigenvalue weighted by Crippen LogP contribution is 2.53. The van der Waals surface area contributed by atoms with Gasteiger partial charge in [-0.3, -0.25) is 9.05 Å². The lowest BCUT2D eigenvalue weighted by Crippen LogP contribution is -2.08. The summed E-state index contributed by atoms with van der Waals surface area (Å²) < 4.78 is 20.4. The van der Waals surface area contributed by atoms with Crippen molar-refractivity contribution in [2.45, 2.75) is 26.4 Å². The standard InChI is InChI=1S/C6H14ClO4P/c1-3-4-10-12(7,9)11-5-6(2)8/h6,8H,3-5H2,1-2H3. The number of aliphatic hydroxyl groups is 1. The van der Waals surface area contributed by atoms with Crippen molar-refractivity contribution in [1.29, 1.82) is 0 Å². The second-order valence-corrected chi connectivity index (χ2v) is 5.03. The van der Waals surface area contributed by atoms with E-state index < -0.39 is 13.1 Å². The molecule has 74 valence electrons. The zero-order valence-electron chi connectivity index (χ0n) is 7.20. The van der Waals surface area contributed by atoms with Crippen LogP contribution in [0.25, 0.3) is 0 Å². The minimum atomic E-state index is -3.45. The minimum absolute atomic E-state index is 0.0789. The number of rotatable bonds is 6. The van der Waals surface area contributed by atoms with Crippen LogP contribution >= 0.6 is 18.2 Å². The van der Waals surface area contributed by atoms with Gasteiger partial charge in [0.15, 0.2) is 0 Å². The highest BCUT2D eigenvalue weighted by Gasteiger charge is 2.20. The quantitative estimate of drug-likeness (QED) is 0.692. The van der Waals surface area contributed by atoms with Gasteiger partial charge < -0.3 is 5.11 Å². The molecule has 0 radical (unpaired) electrons. The van der Waals surface area contributed by atoms with Crippen LogP contribution in [0.4, 0.5) is 0 Å². The molecule has 0 aliphatic carbocycles. The van der Waals surface area contributed by atoms with E-state index in [1.54, 1.807) is 0 Å². The molecular weight excluding hydrogens is 202 g/mol. The first kappa shape index (κ1) is 12.4. The smallest absolute Gasteiger partial charge is 0.391 e. The van der Waals surface area contributed by atoms with E-state index in [2.05, 4.69) is 4.52 Å². The molecule has 0 aliphatic heterocycles. The van der Waals surface area contributed by atoms with Crippen LogP contribution in [0.2, 0.25) is 0 Å². The van der Waals surface area contributed by atoms with Gasteiger partial charge in [0.25, 0.3) is 0 Å².